The van der Waals surface area contributed by atoms with Gasteiger partial charge in [-0.3, -0.25) is 5.32 Å². The van der Waals surface area contributed by atoms with Gasteiger partial charge in [0.15, 0.2) is 0 Å². The number of hydrogen-bond acceptors (Lipinski definition) is 3. The minimum Gasteiger partial charge on any atom is -0.356 e. The van der Waals surface area contributed by atoms with Crippen LogP contribution in [-0.2, 0) is 4.74 Å². The first kappa shape index (κ1) is 9.13. The lowest BCUT2D eigenvalue weighted by Crippen LogP contribution is -2.56. The summed E-state index contributed by atoms with van der Waals surface area (Å²) in [7, 11) is 2.18. The Morgan fingerprint density at radius 2 is 2.21 bits per heavy atom. The van der Waals surface area contributed by atoms with Crippen LogP contribution in [0.3, 0.4) is 0 Å². The molecule has 0 bridgehead atoms. The van der Waals surface area contributed by atoms with Crippen molar-refractivity contribution in [2.75, 3.05) is 26.7 Å². The Kier molecular flexibility index (Phi) is 2.08. The first-order valence-corrected chi connectivity index (χ1v) is 5.89. The molecule has 3 fully saturated rings. The van der Waals surface area contributed by atoms with Crippen LogP contribution in [0, 0.1) is 5.92 Å². The molecule has 2 unspecified atom stereocenters. The first-order chi connectivity index (χ1) is 6.77. The SMILES string of the molecule is CN1CCC2(C1)NCCC(C1CC1)O2. The normalized spacial score (nSPS) is 44.8. The third kappa shape index (κ3) is 1.58. The summed E-state index contributed by atoms with van der Waals surface area (Å²) in [6.07, 6.45) is 5.73. The topological polar surface area (TPSA) is 24.5 Å². The van der Waals surface area contributed by atoms with Crippen molar-refractivity contribution in [3.63, 3.8) is 0 Å². The van der Waals surface area contributed by atoms with Crippen molar-refractivity contribution >= 4 is 0 Å². The zero-order valence-corrected chi connectivity index (χ0v) is 8.96. The molecule has 0 aromatic carbocycles. The summed E-state index contributed by atoms with van der Waals surface area (Å²) in [6.45, 7) is 3.38. The lowest BCUT2D eigenvalue weighted by Gasteiger charge is -2.39. The molecule has 14 heavy (non-hydrogen) atoms. The fraction of sp³-hybridized carbons (Fsp3) is 1.00. The third-order valence-electron chi connectivity index (χ3n) is 3.82. The lowest BCUT2D eigenvalue weighted by molar-refractivity contribution is -0.141. The summed E-state index contributed by atoms with van der Waals surface area (Å²) < 4.78 is 6.28. The Labute approximate surface area is 85.8 Å². The van der Waals surface area contributed by atoms with Crippen LogP contribution in [0.2, 0.25) is 0 Å². The van der Waals surface area contributed by atoms with E-state index in [1.54, 1.807) is 0 Å². The summed E-state index contributed by atoms with van der Waals surface area (Å²) in [5, 5.41) is 3.57. The van der Waals surface area contributed by atoms with Gasteiger partial charge in [0, 0.05) is 26.1 Å². The molecule has 1 N–H and O–H groups in total. The molecule has 3 heteroatoms. The average Bonchev–Trinajstić information content (AvgIpc) is 2.95. The molecule has 2 atom stereocenters. The molecule has 2 saturated heterocycles. The maximum absolute atomic E-state index is 6.28. The highest BCUT2D eigenvalue weighted by molar-refractivity contribution is 4.95. The van der Waals surface area contributed by atoms with E-state index in [1.165, 1.54) is 25.8 Å². The van der Waals surface area contributed by atoms with E-state index in [2.05, 4.69) is 17.3 Å². The van der Waals surface area contributed by atoms with Gasteiger partial charge in [0.05, 0.1) is 6.10 Å². The molecule has 2 heterocycles. The van der Waals surface area contributed by atoms with Gasteiger partial charge in [-0.25, -0.2) is 0 Å². The number of nitrogens with one attached hydrogen (secondary N) is 1. The quantitative estimate of drug-likeness (QED) is 0.671. The molecule has 3 nitrogen and oxygen atoms in total. The molecule has 1 saturated carbocycles. The summed E-state index contributed by atoms with van der Waals surface area (Å²) in [5.41, 5.74) is 0.0141. The van der Waals surface area contributed by atoms with E-state index < -0.39 is 0 Å². The number of ether oxygens (including phenoxy) is 1. The van der Waals surface area contributed by atoms with E-state index >= 15 is 0 Å². The van der Waals surface area contributed by atoms with E-state index in [0.717, 1.165) is 25.4 Å². The highest BCUT2D eigenvalue weighted by Crippen LogP contribution is 2.40. The summed E-state index contributed by atoms with van der Waals surface area (Å²) in [6, 6.07) is 0. The van der Waals surface area contributed by atoms with Gasteiger partial charge in [-0.1, -0.05) is 0 Å². The number of hydrogen-bond donors (Lipinski definition) is 1. The van der Waals surface area contributed by atoms with E-state index in [9.17, 15) is 0 Å². The average molecular weight is 196 g/mol. The van der Waals surface area contributed by atoms with Crippen LogP contribution in [-0.4, -0.2) is 43.4 Å². The monoisotopic (exact) mass is 196 g/mol. The molecule has 0 radical (unpaired) electrons. The summed E-state index contributed by atoms with van der Waals surface area (Å²) in [5.74, 6) is 0.889. The molecule has 0 amide bonds. The Morgan fingerprint density at radius 3 is 2.86 bits per heavy atom. The highest BCUT2D eigenvalue weighted by atomic mass is 16.5. The van der Waals surface area contributed by atoms with Crippen LogP contribution in [0.4, 0.5) is 0 Å². The fourth-order valence-electron chi connectivity index (χ4n) is 2.84. The van der Waals surface area contributed by atoms with Crippen LogP contribution in [0.5, 0.6) is 0 Å². The second-order valence-corrected chi connectivity index (χ2v) is 5.19. The van der Waals surface area contributed by atoms with E-state index in [-0.39, 0.29) is 5.72 Å². The fourth-order valence-corrected chi connectivity index (χ4v) is 2.84. The minimum atomic E-state index is 0.0141. The van der Waals surface area contributed by atoms with Gasteiger partial charge in [-0.15, -0.1) is 0 Å². The smallest absolute Gasteiger partial charge is 0.133 e. The van der Waals surface area contributed by atoms with Crippen LogP contribution in [0.25, 0.3) is 0 Å². The molecule has 0 aromatic rings. The molecule has 3 aliphatic rings. The van der Waals surface area contributed by atoms with Gasteiger partial charge in [-0.05, 0) is 32.2 Å². The standard InChI is InChI=1S/C11H20N2O/c1-13-7-5-11(8-13)12-6-4-10(14-11)9-2-3-9/h9-10,12H,2-8H2,1H3. The van der Waals surface area contributed by atoms with Crippen molar-refractivity contribution in [1.82, 2.24) is 10.2 Å². The maximum Gasteiger partial charge on any atom is 0.133 e. The minimum absolute atomic E-state index is 0.0141. The molecule has 80 valence electrons. The first-order valence-electron chi connectivity index (χ1n) is 5.89. The second-order valence-electron chi connectivity index (χ2n) is 5.19. The Balaban J connectivity index is 1.67. The van der Waals surface area contributed by atoms with Crippen molar-refractivity contribution in [2.45, 2.75) is 37.5 Å². The summed E-state index contributed by atoms with van der Waals surface area (Å²) >= 11 is 0. The van der Waals surface area contributed by atoms with Gasteiger partial charge >= 0.3 is 0 Å². The molecule has 1 aliphatic carbocycles. The molecule has 0 aromatic heterocycles. The zero-order chi connectivity index (χ0) is 9.60. The van der Waals surface area contributed by atoms with Gasteiger partial charge in [0.2, 0.25) is 0 Å². The van der Waals surface area contributed by atoms with E-state index in [4.69, 9.17) is 4.74 Å². The predicted octanol–water partition coefficient (Wildman–Crippen LogP) is 0.807. The Morgan fingerprint density at radius 1 is 1.36 bits per heavy atom. The van der Waals surface area contributed by atoms with E-state index in [1.807, 2.05) is 0 Å². The highest BCUT2D eigenvalue weighted by Gasteiger charge is 2.45. The number of likely N-dealkylation sites (N-methyl/N-ethyl adjacent to an activating group) is 1. The number of rotatable bonds is 1. The number of nitrogens with zero attached hydrogens (tertiary/aromatic N) is 1. The molecular weight excluding hydrogens is 176 g/mol. The maximum atomic E-state index is 6.28. The second kappa shape index (κ2) is 3.19. The third-order valence-corrected chi connectivity index (χ3v) is 3.82. The van der Waals surface area contributed by atoms with Gasteiger partial charge < -0.3 is 9.64 Å². The summed E-state index contributed by atoms with van der Waals surface area (Å²) in [4.78, 5) is 2.36. The Bertz CT molecular complexity index is 225. The predicted molar refractivity (Wildman–Crippen MR) is 55.1 cm³/mol. The van der Waals surface area contributed by atoms with Crippen LogP contribution in [0.15, 0.2) is 0 Å². The molecule has 1 spiro atoms. The zero-order valence-electron chi connectivity index (χ0n) is 8.96. The van der Waals surface area contributed by atoms with Crippen molar-refractivity contribution in [3.8, 4) is 0 Å². The molecular formula is C11H20N2O. The van der Waals surface area contributed by atoms with Gasteiger partial charge in [0.1, 0.15) is 5.72 Å². The van der Waals surface area contributed by atoms with Gasteiger partial charge in [0.25, 0.3) is 0 Å². The van der Waals surface area contributed by atoms with Crippen LogP contribution in [0.1, 0.15) is 25.7 Å². The van der Waals surface area contributed by atoms with Crippen molar-refractivity contribution < 1.29 is 4.74 Å². The van der Waals surface area contributed by atoms with Crippen molar-refractivity contribution in [2.24, 2.45) is 5.92 Å². The van der Waals surface area contributed by atoms with Gasteiger partial charge in [-0.2, -0.15) is 0 Å². The van der Waals surface area contributed by atoms with Crippen molar-refractivity contribution in [3.05, 3.63) is 0 Å². The van der Waals surface area contributed by atoms with Crippen molar-refractivity contribution in [1.29, 1.82) is 0 Å². The number of likely N-dealkylation sites (tertiary alicyclic amines) is 1. The Hall–Kier alpha value is -0.120. The van der Waals surface area contributed by atoms with Crippen LogP contribution >= 0.6 is 0 Å². The molecule has 3 rings (SSSR count). The van der Waals surface area contributed by atoms with E-state index in [0.29, 0.717) is 6.10 Å². The largest absolute Gasteiger partial charge is 0.356 e. The lowest BCUT2D eigenvalue weighted by atomic mass is 10.1. The molecule has 2 aliphatic heterocycles. The van der Waals surface area contributed by atoms with Crippen LogP contribution < -0.4 is 5.32 Å².